The maximum Gasteiger partial charge on any atom is 0.0123 e. The smallest absolute Gasteiger partial charge is 0.0123 e. The summed E-state index contributed by atoms with van der Waals surface area (Å²) in [6, 6.07) is 0. The highest BCUT2D eigenvalue weighted by Crippen LogP contribution is 2.29. The molecule has 0 heterocycles. The molecule has 0 aliphatic heterocycles. The van der Waals surface area contributed by atoms with Crippen molar-refractivity contribution in [2.45, 2.75) is 24.3 Å². The van der Waals surface area contributed by atoms with Gasteiger partial charge in [0.2, 0.25) is 0 Å². The van der Waals surface area contributed by atoms with Crippen molar-refractivity contribution in [2.75, 3.05) is 0 Å². The lowest BCUT2D eigenvalue weighted by Gasteiger charge is -2.04. The highest BCUT2D eigenvalue weighted by Gasteiger charge is 1.96. The lowest BCUT2D eigenvalue weighted by Crippen LogP contribution is -1.87. The maximum absolute atomic E-state index is 3.82. The van der Waals surface area contributed by atoms with E-state index in [1.807, 2.05) is 0 Å². The molecule has 0 saturated heterocycles. The molecule has 48 valence electrons. The molecule has 0 aliphatic rings. The minimum absolute atomic E-state index is 0.476. The lowest BCUT2D eigenvalue weighted by molar-refractivity contribution is 1.25. The van der Waals surface area contributed by atoms with Gasteiger partial charge in [0.15, 0.2) is 0 Å². The Morgan fingerprint density at radius 2 is 1.25 bits per heavy atom. The molecule has 0 rings (SSSR count). The first-order valence-corrected chi connectivity index (χ1v) is 4.89. The van der Waals surface area contributed by atoms with Gasteiger partial charge in [0.05, 0.1) is 0 Å². The Labute approximate surface area is 60.2 Å². The Balaban J connectivity index is 2.93. The summed E-state index contributed by atoms with van der Waals surface area (Å²) in [7, 11) is 3.56. The molecule has 0 amide bonds. The average molecular weight is 148 g/mol. The average Bonchev–Trinajstić information content (AvgIpc) is 1.61. The first-order valence-electron chi connectivity index (χ1n) is 2.61. The van der Waals surface area contributed by atoms with Crippen molar-refractivity contribution in [1.29, 1.82) is 0 Å². The highest BCUT2D eigenvalue weighted by atomic mass is 33.1. The zero-order valence-electron chi connectivity index (χ0n) is 5.39. The molecule has 0 fully saturated rings. The van der Waals surface area contributed by atoms with Crippen molar-refractivity contribution < 1.29 is 0 Å². The fraction of sp³-hybridized carbons (Fsp3) is 0.667. The minimum atomic E-state index is 0.476. The molecule has 0 N–H and O–H groups in total. The maximum atomic E-state index is 3.82. The fourth-order valence-electron chi connectivity index (χ4n) is 0.190. The van der Waals surface area contributed by atoms with E-state index in [4.69, 9.17) is 0 Å². The van der Waals surface area contributed by atoms with Crippen molar-refractivity contribution in [2.24, 2.45) is 0 Å². The van der Waals surface area contributed by atoms with Gasteiger partial charge in [0, 0.05) is 10.5 Å². The van der Waals surface area contributed by atoms with Crippen molar-refractivity contribution in [3.8, 4) is 0 Å². The van der Waals surface area contributed by atoms with Crippen LogP contribution in [0.15, 0.2) is 0 Å². The molecule has 0 aromatic heterocycles. The zero-order valence-corrected chi connectivity index (χ0v) is 7.02. The van der Waals surface area contributed by atoms with Crippen molar-refractivity contribution in [1.82, 2.24) is 0 Å². The van der Waals surface area contributed by atoms with Crippen LogP contribution in [0.1, 0.15) is 13.8 Å². The second kappa shape index (κ2) is 4.57. The second-order valence-corrected chi connectivity index (χ2v) is 4.96. The Morgan fingerprint density at radius 3 is 1.38 bits per heavy atom. The van der Waals surface area contributed by atoms with Gasteiger partial charge in [-0.1, -0.05) is 35.4 Å². The van der Waals surface area contributed by atoms with E-state index in [9.17, 15) is 0 Å². The van der Waals surface area contributed by atoms with E-state index in [-0.39, 0.29) is 0 Å². The zero-order chi connectivity index (χ0) is 6.57. The van der Waals surface area contributed by atoms with E-state index >= 15 is 0 Å². The summed E-state index contributed by atoms with van der Waals surface area (Å²) in [4.78, 5) is 0. The molecule has 2 atom stereocenters. The van der Waals surface area contributed by atoms with E-state index in [0.717, 1.165) is 0 Å². The molecule has 2 unspecified atom stereocenters. The van der Waals surface area contributed by atoms with Gasteiger partial charge in [-0.15, -0.1) is 0 Å². The topological polar surface area (TPSA) is 0 Å². The number of hydrogen-bond acceptors (Lipinski definition) is 2. The molecule has 0 aromatic carbocycles. The van der Waals surface area contributed by atoms with Crippen LogP contribution in [-0.4, -0.2) is 10.5 Å². The van der Waals surface area contributed by atoms with E-state index in [1.54, 1.807) is 21.6 Å². The van der Waals surface area contributed by atoms with Crippen LogP contribution in [0.3, 0.4) is 0 Å². The Kier molecular flexibility index (Phi) is 4.97. The Hall–Kier alpha value is 0.700. The lowest BCUT2D eigenvalue weighted by atomic mass is 10.6. The van der Waals surface area contributed by atoms with E-state index in [0.29, 0.717) is 10.5 Å². The van der Waals surface area contributed by atoms with Crippen LogP contribution >= 0.6 is 21.6 Å². The van der Waals surface area contributed by atoms with Crippen LogP contribution in [0.2, 0.25) is 0 Å². The summed E-state index contributed by atoms with van der Waals surface area (Å²) in [5.74, 6) is 0. The molecule has 0 spiro atoms. The van der Waals surface area contributed by atoms with Gasteiger partial charge in [0.25, 0.3) is 0 Å². The molecular formula is C6H12S2. The van der Waals surface area contributed by atoms with Crippen LogP contribution in [-0.2, 0) is 0 Å². The summed E-state index contributed by atoms with van der Waals surface area (Å²) < 4.78 is 0. The third kappa shape index (κ3) is 6.70. The predicted molar refractivity (Wildman–Crippen MR) is 44.8 cm³/mol. The first kappa shape index (κ1) is 8.70. The van der Waals surface area contributed by atoms with Gasteiger partial charge in [-0.2, -0.15) is 0 Å². The first-order chi connectivity index (χ1) is 3.63. The second-order valence-electron chi connectivity index (χ2n) is 1.81. The van der Waals surface area contributed by atoms with Crippen molar-refractivity contribution in [3.05, 3.63) is 13.8 Å². The van der Waals surface area contributed by atoms with E-state index in [2.05, 4.69) is 27.7 Å². The Bertz CT molecular complexity index is 42.5. The van der Waals surface area contributed by atoms with Gasteiger partial charge < -0.3 is 0 Å². The van der Waals surface area contributed by atoms with Gasteiger partial charge in [-0.3, -0.25) is 0 Å². The molecule has 0 saturated carbocycles. The molecule has 2 radical (unpaired) electrons. The fourth-order valence-corrected chi connectivity index (χ4v) is 1.71. The van der Waals surface area contributed by atoms with Gasteiger partial charge in [-0.25, -0.2) is 0 Å². The molecule has 2 heteroatoms. The van der Waals surface area contributed by atoms with Gasteiger partial charge >= 0.3 is 0 Å². The largest absolute Gasteiger partial charge is 0.0907 e. The molecule has 0 bridgehead atoms. The summed E-state index contributed by atoms with van der Waals surface area (Å²) in [6.45, 7) is 11.8. The third-order valence-corrected chi connectivity index (χ3v) is 3.46. The molecule has 8 heavy (non-hydrogen) atoms. The minimum Gasteiger partial charge on any atom is -0.0907 e. The number of rotatable bonds is 3. The highest BCUT2D eigenvalue weighted by molar-refractivity contribution is 8.77. The molecule has 0 aliphatic carbocycles. The SMILES string of the molecule is [CH2]C(C)SSC([CH2])C. The van der Waals surface area contributed by atoms with Crippen LogP contribution in [0, 0.1) is 13.8 Å². The van der Waals surface area contributed by atoms with Crippen LogP contribution in [0.5, 0.6) is 0 Å². The summed E-state index contributed by atoms with van der Waals surface area (Å²) in [6.07, 6.45) is 0. The van der Waals surface area contributed by atoms with Crippen molar-refractivity contribution >= 4 is 21.6 Å². The predicted octanol–water partition coefficient (Wildman–Crippen LogP) is 2.81. The van der Waals surface area contributed by atoms with Crippen LogP contribution in [0.25, 0.3) is 0 Å². The monoisotopic (exact) mass is 148 g/mol. The van der Waals surface area contributed by atoms with E-state index < -0.39 is 0 Å². The normalized spacial score (nSPS) is 11.2. The molecule has 0 nitrogen and oxygen atoms in total. The number of hydrogen-bond donors (Lipinski definition) is 0. The summed E-state index contributed by atoms with van der Waals surface area (Å²) in [5, 5.41) is 0.952. The molecular weight excluding hydrogens is 136 g/mol. The van der Waals surface area contributed by atoms with Gasteiger partial charge in [0.1, 0.15) is 0 Å². The summed E-state index contributed by atoms with van der Waals surface area (Å²) >= 11 is 0. The molecule has 0 aromatic rings. The van der Waals surface area contributed by atoms with Crippen LogP contribution in [0.4, 0.5) is 0 Å². The van der Waals surface area contributed by atoms with Gasteiger partial charge in [-0.05, 0) is 13.8 Å². The van der Waals surface area contributed by atoms with Crippen molar-refractivity contribution in [3.63, 3.8) is 0 Å². The van der Waals surface area contributed by atoms with E-state index in [1.165, 1.54) is 0 Å². The third-order valence-electron chi connectivity index (χ3n) is 0.384. The standard InChI is InChI=1S/C6H12S2/c1-5(2)7-8-6(3)4/h5-6H,1,3H2,2,4H3. The Morgan fingerprint density at radius 1 is 1.00 bits per heavy atom. The van der Waals surface area contributed by atoms with Crippen LogP contribution < -0.4 is 0 Å². The summed E-state index contributed by atoms with van der Waals surface area (Å²) in [5.41, 5.74) is 0. The quantitative estimate of drug-likeness (QED) is 0.564.